The molecule has 1 aliphatic carbocycles. The van der Waals surface area contributed by atoms with Crippen LogP contribution < -0.4 is 5.01 Å². The molecule has 154 valence electrons. The van der Waals surface area contributed by atoms with E-state index in [9.17, 15) is 18.0 Å². The molecule has 0 N–H and O–H groups in total. The fourth-order valence-electron chi connectivity index (χ4n) is 4.40. The number of nitriles is 1. The second kappa shape index (κ2) is 7.36. The second-order valence-electron chi connectivity index (χ2n) is 8.17. The van der Waals surface area contributed by atoms with Crippen molar-refractivity contribution in [3.63, 3.8) is 0 Å². The normalized spacial score (nSPS) is 25.7. The Hall–Kier alpha value is -2.56. The number of alkyl halides is 3. The monoisotopic (exact) mass is 404 g/mol. The number of carbonyl (C=O) groups is 1. The van der Waals surface area contributed by atoms with E-state index in [-0.39, 0.29) is 23.8 Å². The lowest BCUT2D eigenvalue weighted by atomic mass is 9.89. The molecule has 5 nitrogen and oxygen atoms in total. The van der Waals surface area contributed by atoms with Crippen molar-refractivity contribution in [2.75, 3.05) is 18.1 Å². The Kier molecular flexibility index (Phi) is 5.01. The maximum atomic E-state index is 13.3. The van der Waals surface area contributed by atoms with Gasteiger partial charge in [-0.3, -0.25) is 9.80 Å². The number of piperidine rings is 1. The number of nitrogens with zero attached hydrogens (tertiary/aromatic N) is 4. The van der Waals surface area contributed by atoms with Crippen molar-refractivity contribution in [1.29, 1.82) is 5.26 Å². The topological polar surface area (TPSA) is 59.7 Å². The van der Waals surface area contributed by atoms with Gasteiger partial charge in [0, 0.05) is 19.0 Å². The first kappa shape index (κ1) is 19.7. The van der Waals surface area contributed by atoms with E-state index in [0.717, 1.165) is 25.0 Å². The number of hydrazone groups is 1. The summed E-state index contributed by atoms with van der Waals surface area (Å²) in [5.41, 5.74) is 0.298. The molecule has 2 aliphatic heterocycles. The van der Waals surface area contributed by atoms with Gasteiger partial charge in [0.15, 0.2) is 0 Å². The zero-order chi connectivity index (χ0) is 20.8. The summed E-state index contributed by atoms with van der Waals surface area (Å²) in [6, 6.07) is 7.17. The smallest absolute Gasteiger partial charge is 0.342 e. The van der Waals surface area contributed by atoms with E-state index in [0.29, 0.717) is 37.3 Å². The molecule has 4 rings (SSSR count). The summed E-state index contributed by atoms with van der Waals surface area (Å²) in [7, 11) is 0. The van der Waals surface area contributed by atoms with E-state index >= 15 is 0 Å². The Bertz CT molecular complexity index is 863. The minimum atomic E-state index is -4.43. The van der Waals surface area contributed by atoms with Crippen LogP contribution >= 0.6 is 0 Å². The lowest BCUT2D eigenvalue weighted by Crippen LogP contribution is -2.48. The molecule has 1 saturated carbocycles. The van der Waals surface area contributed by atoms with Crippen LogP contribution in [0, 0.1) is 29.1 Å². The maximum Gasteiger partial charge on any atom is 0.416 e. The minimum Gasteiger partial charge on any atom is -0.342 e. The highest BCUT2D eigenvalue weighted by Gasteiger charge is 2.50. The van der Waals surface area contributed by atoms with Gasteiger partial charge in [-0.1, -0.05) is 6.07 Å². The first-order valence-corrected chi connectivity index (χ1v) is 9.99. The molecular weight excluding hydrogens is 381 g/mol. The maximum absolute atomic E-state index is 13.3. The zero-order valence-corrected chi connectivity index (χ0v) is 16.2. The van der Waals surface area contributed by atoms with Crippen LogP contribution in [0.25, 0.3) is 0 Å². The molecule has 2 atom stereocenters. The van der Waals surface area contributed by atoms with Crippen LogP contribution in [0.3, 0.4) is 0 Å². The third-order valence-electron chi connectivity index (χ3n) is 6.14. The summed E-state index contributed by atoms with van der Waals surface area (Å²) >= 11 is 0. The molecule has 2 heterocycles. The summed E-state index contributed by atoms with van der Waals surface area (Å²) < 4.78 is 39.5. The van der Waals surface area contributed by atoms with Crippen molar-refractivity contribution in [3.8, 4) is 6.07 Å². The van der Waals surface area contributed by atoms with Gasteiger partial charge in [0.05, 0.1) is 29.1 Å². The van der Waals surface area contributed by atoms with Crippen molar-refractivity contribution in [3.05, 3.63) is 29.8 Å². The molecule has 29 heavy (non-hydrogen) atoms. The highest BCUT2D eigenvalue weighted by molar-refractivity contribution is 6.06. The first-order valence-electron chi connectivity index (χ1n) is 9.99. The molecule has 1 saturated heterocycles. The van der Waals surface area contributed by atoms with E-state index in [1.54, 1.807) is 22.9 Å². The van der Waals surface area contributed by atoms with Crippen molar-refractivity contribution in [2.45, 2.75) is 44.8 Å². The quantitative estimate of drug-likeness (QED) is 0.763. The predicted molar refractivity (Wildman–Crippen MR) is 102 cm³/mol. The number of halogens is 3. The Labute approximate surface area is 167 Å². The predicted octanol–water partition coefficient (Wildman–Crippen LogP) is 4.06. The molecule has 0 radical (unpaired) electrons. The van der Waals surface area contributed by atoms with E-state index in [1.807, 2.05) is 0 Å². The number of amides is 1. The zero-order valence-electron chi connectivity index (χ0n) is 16.2. The van der Waals surface area contributed by atoms with Gasteiger partial charge in [0.1, 0.15) is 5.92 Å². The molecule has 1 aromatic rings. The standard InChI is InChI=1S/C21H23F3N4O/c1-13-18(20(29)27-9-7-14(12-25)8-10-27)19(15-5-6-15)28(26-13)17-4-2-3-16(11-17)21(22,23)24/h2-4,11,14-15,18-19H,5-10H2,1H3. The van der Waals surface area contributed by atoms with Gasteiger partial charge in [-0.15, -0.1) is 0 Å². The fraction of sp³-hybridized carbons (Fsp3) is 0.571. The van der Waals surface area contributed by atoms with Gasteiger partial charge in [0.2, 0.25) is 5.91 Å². The molecular formula is C21H23F3N4O. The van der Waals surface area contributed by atoms with Crippen LogP contribution in [0.15, 0.2) is 29.4 Å². The van der Waals surface area contributed by atoms with Crippen LogP contribution in [0.1, 0.15) is 38.2 Å². The van der Waals surface area contributed by atoms with Crippen LogP contribution in [0.2, 0.25) is 0 Å². The molecule has 0 spiro atoms. The highest BCUT2D eigenvalue weighted by Crippen LogP contribution is 2.45. The van der Waals surface area contributed by atoms with Crippen LogP contribution in [0.5, 0.6) is 0 Å². The van der Waals surface area contributed by atoms with Gasteiger partial charge in [0.25, 0.3) is 0 Å². The summed E-state index contributed by atoms with van der Waals surface area (Å²) in [5, 5.41) is 15.2. The van der Waals surface area contributed by atoms with E-state index < -0.39 is 17.7 Å². The lowest BCUT2D eigenvalue weighted by molar-refractivity contribution is -0.137. The number of hydrogen-bond donors (Lipinski definition) is 0. The summed E-state index contributed by atoms with van der Waals surface area (Å²) in [6.45, 7) is 2.87. The Balaban J connectivity index is 1.59. The van der Waals surface area contributed by atoms with Crippen molar-refractivity contribution in [2.24, 2.45) is 22.9 Å². The molecule has 0 bridgehead atoms. The van der Waals surface area contributed by atoms with Gasteiger partial charge in [-0.2, -0.15) is 23.5 Å². The molecule has 2 fully saturated rings. The third-order valence-corrected chi connectivity index (χ3v) is 6.14. The fourth-order valence-corrected chi connectivity index (χ4v) is 4.40. The third kappa shape index (κ3) is 3.83. The van der Waals surface area contributed by atoms with Crippen molar-refractivity contribution >= 4 is 17.3 Å². The average Bonchev–Trinajstić information content (AvgIpc) is 3.49. The van der Waals surface area contributed by atoms with Gasteiger partial charge < -0.3 is 4.90 Å². The average molecular weight is 404 g/mol. The lowest BCUT2D eigenvalue weighted by Gasteiger charge is -2.34. The Morgan fingerprint density at radius 1 is 1.21 bits per heavy atom. The number of carbonyl (C=O) groups excluding carboxylic acids is 1. The minimum absolute atomic E-state index is 0.0155. The number of hydrogen-bond acceptors (Lipinski definition) is 4. The molecule has 3 aliphatic rings. The van der Waals surface area contributed by atoms with Gasteiger partial charge in [-0.25, -0.2) is 0 Å². The molecule has 0 aromatic heterocycles. The summed E-state index contributed by atoms with van der Waals surface area (Å²) in [5.74, 6) is -0.237. The summed E-state index contributed by atoms with van der Waals surface area (Å²) in [4.78, 5) is 15.1. The molecule has 8 heteroatoms. The van der Waals surface area contributed by atoms with Crippen LogP contribution in [-0.4, -0.2) is 35.7 Å². The van der Waals surface area contributed by atoms with E-state index in [1.165, 1.54) is 6.07 Å². The number of anilines is 1. The first-order chi connectivity index (χ1) is 13.8. The van der Waals surface area contributed by atoms with E-state index in [4.69, 9.17) is 5.26 Å². The largest absolute Gasteiger partial charge is 0.416 e. The second-order valence-corrected chi connectivity index (χ2v) is 8.17. The number of rotatable bonds is 3. The molecule has 1 amide bonds. The summed E-state index contributed by atoms with van der Waals surface area (Å²) in [6.07, 6.45) is -1.20. The van der Waals surface area contributed by atoms with E-state index in [2.05, 4.69) is 11.2 Å². The van der Waals surface area contributed by atoms with Crippen LogP contribution in [-0.2, 0) is 11.0 Å². The van der Waals surface area contributed by atoms with Gasteiger partial charge in [-0.05, 0) is 56.7 Å². The Morgan fingerprint density at radius 2 is 1.90 bits per heavy atom. The number of likely N-dealkylation sites (tertiary alicyclic amines) is 1. The highest BCUT2D eigenvalue weighted by atomic mass is 19.4. The molecule has 1 aromatic carbocycles. The molecule has 2 unspecified atom stereocenters. The number of benzene rings is 1. The van der Waals surface area contributed by atoms with Crippen LogP contribution in [0.4, 0.5) is 18.9 Å². The SMILES string of the molecule is CC1=NN(c2cccc(C(F)(F)F)c2)C(C2CC2)C1C(=O)N1CCC(C#N)CC1. The van der Waals surface area contributed by atoms with Crippen molar-refractivity contribution in [1.82, 2.24) is 4.90 Å². The van der Waals surface area contributed by atoms with Crippen molar-refractivity contribution < 1.29 is 18.0 Å². The van der Waals surface area contributed by atoms with Gasteiger partial charge >= 0.3 is 6.18 Å². The Morgan fingerprint density at radius 3 is 2.48 bits per heavy atom.